The molecular weight excluding hydrogens is 306 g/mol. The minimum Gasteiger partial charge on any atom is -0.489 e. The Morgan fingerprint density at radius 1 is 0.880 bits per heavy atom. The van der Waals surface area contributed by atoms with Crippen molar-refractivity contribution < 1.29 is 4.74 Å². The van der Waals surface area contributed by atoms with E-state index >= 15 is 0 Å². The quantitative estimate of drug-likeness (QED) is 0.622. The molecule has 0 bridgehead atoms. The fraction of sp³-hybridized carbons (Fsp3) is 0.217. The molecular formula is C23H23NO. The van der Waals surface area contributed by atoms with Crippen LogP contribution in [0.5, 0.6) is 5.75 Å². The van der Waals surface area contributed by atoms with Crippen LogP contribution in [0, 0.1) is 0 Å². The summed E-state index contributed by atoms with van der Waals surface area (Å²) in [6, 6.07) is 27.5. The van der Waals surface area contributed by atoms with E-state index in [9.17, 15) is 0 Å². The van der Waals surface area contributed by atoms with Crippen molar-refractivity contribution in [1.82, 2.24) is 0 Å². The van der Waals surface area contributed by atoms with Crippen LogP contribution in [-0.4, -0.2) is 6.54 Å². The molecule has 0 spiro atoms. The monoisotopic (exact) mass is 329 g/mol. The maximum Gasteiger partial charge on any atom is 0.120 e. The van der Waals surface area contributed by atoms with Crippen LogP contribution in [0.4, 0.5) is 5.69 Å². The van der Waals surface area contributed by atoms with Gasteiger partial charge < -0.3 is 9.64 Å². The summed E-state index contributed by atoms with van der Waals surface area (Å²) in [6.07, 6.45) is 0. The van der Waals surface area contributed by atoms with E-state index in [1.807, 2.05) is 18.2 Å². The summed E-state index contributed by atoms with van der Waals surface area (Å²) in [5.74, 6) is 1.48. The van der Waals surface area contributed by atoms with Crippen LogP contribution in [0.25, 0.3) is 0 Å². The lowest BCUT2D eigenvalue weighted by Crippen LogP contribution is -2.20. The molecule has 0 aromatic heterocycles. The van der Waals surface area contributed by atoms with Gasteiger partial charge in [0.2, 0.25) is 0 Å². The minimum atomic E-state index is 0.527. The standard InChI is InChI=1S/C23H23NO/c1-18-15-24(16-19-8-4-2-5-9-19)23-13-12-21(14-22(18)23)25-17-20-10-6-3-7-11-20/h2-14,18H,15-17H2,1H3/t18-/m0/s1. The molecule has 3 aromatic carbocycles. The van der Waals surface area contributed by atoms with Crippen LogP contribution < -0.4 is 9.64 Å². The third-order valence-electron chi connectivity index (χ3n) is 4.83. The number of anilines is 1. The van der Waals surface area contributed by atoms with Crippen molar-refractivity contribution >= 4 is 5.69 Å². The van der Waals surface area contributed by atoms with Crippen molar-refractivity contribution in [2.75, 3.05) is 11.4 Å². The van der Waals surface area contributed by atoms with Gasteiger partial charge in [0.25, 0.3) is 0 Å². The molecule has 3 aromatic rings. The maximum atomic E-state index is 6.00. The van der Waals surface area contributed by atoms with E-state index in [1.165, 1.54) is 22.4 Å². The second-order valence-electron chi connectivity index (χ2n) is 6.76. The summed E-state index contributed by atoms with van der Waals surface area (Å²) in [5, 5.41) is 0. The van der Waals surface area contributed by atoms with Gasteiger partial charge in [0.05, 0.1) is 0 Å². The molecule has 1 heterocycles. The van der Waals surface area contributed by atoms with E-state index < -0.39 is 0 Å². The second-order valence-corrected chi connectivity index (χ2v) is 6.76. The Bertz CT molecular complexity index is 829. The largest absolute Gasteiger partial charge is 0.489 e. The number of nitrogens with zero attached hydrogens (tertiary/aromatic N) is 1. The second kappa shape index (κ2) is 7.02. The fourth-order valence-corrected chi connectivity index (χ4v) is 3.53. The fourth-order valence-electron chi connectivity index (χ4n) is 3.53. The van der Waals surface area contributed by atoms with Crippen LogP contribution in [0.2, 0.25) is 0 Å². The Kier molecular flexibility index (Phi) is 4.43. The molecule has 1 aliphatic heterocycles. The molecule has 126 valence electrons. The molecule has 0 aliphatic carbocycles. The van der Waals surface area contributed by atoms with Gasteiger partial charge in [-0.2, -0.15) is 0 Å². The first-order chi connectivity index (χ1) is 12.3. The van der Waals surface area contributed by atoms with Crippen molar-refractivity contribution in [1.29, 1.82) is 0 Å². The van der Waals surface area contributed by atoms with Crippen LogP contribution in [0.1, 0.15) is 29.5 Å². The van der Waals surface area contributed by atoms with Gasteiger partial charge in [0.1, 0.15) is 12.4 Å². The zero-order valence-corrected chi connectivity index (χ0v) is 14.6. The third kappa shape index (κ3) is 3.53. The Hall–Kier alpha value is -2.74. The SMILES string of the molecule is C[C@H]1CN(Cc2ccccc2)c2ccc(OCc3ccccc3)cc21. The van der Waals surface area contributed by atoms with Crippen LogP contribution in [-0.2, 0) is 13.2 Å². The highest BCUT2D eigenvalue weighted by molar-refractivity contribution is 5.62. The Balaban J connectivity index is 1.49. The lowest BCUT2D eigenvalue weighted by molar-refractivity contribution is 0.306. The van der Waals surface area contributed by atoms with Gasteiger partial charge in [-0.05, 0) is 34.9 Å². The summed E-state index contributed by atoms with van der Waals surface area (Å²) < 4.78 is 6.00. The van der Waals surface area contributed by atoms with E-state index in [0.29, 0.717) is 12.5 Å². The van der Waals surface area contributed by atoms with Crippen molar-refractivity contribution in [3.05, 3.63) is 95.6 Å². The summed E-state index contributed by atoms with van der Waals surface area (Å²) in [5.41, 5.74) is 5.28. The topological polar surface area (TPSA) is 12.5 Å². The smallest absolute Gasteiger partial charge is 0.120 e. The zero-order chi connectivity index (χ0) is 17.1. The lowest BCUT2D eigenvalue weighted by Gasteiger charge is -2.20. The molecule has 0 fully saturated rings. The molecule has 4 rings (SSSR count). The normalized spacial score (nSPS) is 15.9. The first kappa shape index (κ1) is 15.8. The number of hydrogen-bond acceptors (Lipinski definition) is 2. The molecule has 2 heteroatoms. The third-order valence-corrected chi connectivity index (χ3v) is 4.83. The molecule has 0 saturated heterocycles. The predicted octanol–water partition coefficient (Wildman–Crippen LogP) is 5.39. The summed E-state index contributed by atoms with van der Waals surface area (Å²) >= 11 is 0. The van der Waals surface area contributed by atoms with Gasteiger partial charge in [-0.1, -0.05) is 67.6 Å². The number of fused-ring (bicyclic) bond motifs is 1. The van der Waals surface area contributed by atoms with Crippen molar-refractivity contribution in [2.45, 2.75) is 26.0 Å². The molecule has 0 unspecified atom stereocenters. The van der Waals surface area contributed by atoms with Crippen molar-refractivity contribution in [2.24, 2.45) is 0 Å². The molecule has 25 heavy (non-hydrogen) atoms. The minimum absolute atomic E-state index is 0.527. The van der Waals surface area contributed by atoms with Gasteiger partial charge in [-0.15, -0.1) is 0 Å². The van der Waals surface area contributed by atoms with Gasteiger partial charge in [-0.25, -0.2) is 0 Å². The molecule has 2 nitrogen and oxygen atoms in total. The van der Waals surface area contributed by atoms with Gasteiger partial charge in [0.15, 0.2) is 0 Å². The number of benzene rings is 3. The number of rotatable bonds is 5. The van der Waals surface area contributed by atoms with E-state index in [2.05, 4.69) is 72.5 Å². The Morgan fingerprint density at radius 3 is 2.28 bits per heavy atom. The van der Waals surface area contributed by atoms with Crippen LogP contribution >= 0.6 is 0 Å². The van der Waals surface area contributed by atoms with E-state index in [4.69, 9.17) is 4.74 Å². The summed E-state index contributed by atoms with van der Waals surface area (Å²) in [4.78, 5) is 2.47. The van der Waals surface area contributed by atoms with Crippen molar-refractivity contribution in [3.63, 3.8) is 0 Å². The van der Waals surface area contributed by atoms with Crippen LogP contribution in [0.3, 0.4) is 0 Å². The molecule has 0 radical (unpaired) electrons. The van der Waals surface area contributed by atoms with Gasteiger partial charge in [-0.3, -0.25) is 0 Å². The summed E-state index contributed by atoms with van der Waals surface area (Å²) in [7, 11) is 0. The zero-order valence-electron chi connectivity index (χ0n) is 14.6. The highest BCUT2D eigenvalue weighted by Crippen LogP contribution is 2.39. The molecule has 0 N–H and O–H groups in total. The lowest BCUT2D eigenvalue weighted by atomic mass is 10.0. The molecule has 1 aliphatic rings. The van der Waals surface area contributed by atoms with Crippen LogP contribution in [0.15, 0.2) is 78.9 Å². The maximum absolute atomic E-state index is 6.00. The first-order valence-corrected chi connectivity index (χ1v) is 8.89. The predicted molar refractivity (Wildman–Crippen MR) is 103 cm³/mol. The molecule has 0 saturated carbocycles. The first-order valence-electron chi connectivity index (χ1n) is 8.89. The number of hydrogen-bond donors (Lipinski definition) is 0. The summed E-state index contributed by atoms with van der Waals surface area (Å²) in [6.45, 7) is 4.93. The van der Waals surface area contributed by atoms with Crippen molar-refractivity contribution in [3.8, 4) is 5.75 Å². The molecule has 0 amide bonds. The highest BCUT2D eigenvalue weighted by atomic mass is 16.5. The average Bonchev–Trinajstić information content (AvgIpc) is 2.97. The van der Waals surface area contributed by atoms with E-state index in [-0.39, 0.29) is 0 Å². The number of ether oxygens (including phenoxy) is 1. The average molecular weight is 329 g/mol. The Morgan fingerprint density at radius 2 is 1.56 bits per heavy atom. The molecule has 1 atom stereocenters. The van der Waals surface area contributed by atoms with Gasteiger partial charge in [0, 0.05) is 24.7 Å². The van der Waals surface area contributed by atoms with E-state index in [0.717, 1.165) is 18.8 Å². The Labute approximate surface area is 149 Å². The van der Waals surface area contributed by atoms with Gasteiger partial charge >= 0.3 is 0 Å². The van der Waals surface area contributed by atoms with E-state index in [1.54, 1.807) is 0 Å². The highest BCUT2D eigenvalue weighted by Gasteiger charge is 2.25.